The molecule has 0 fully saturated rings. The van der Waals surface area contributed by atoms with Crippen LogP contribution in [-0.4, -0.2) is 16.8 Å². The van der Waals surface area contributed by atoms with Gasteiger partial charge in [-0.25, -0.2) is 0 Å². The summed E-state index contributed by atoms with van der Waals surface area (Å²) in [6.07, 6.45) is 3.09. The number of benzene rings is 2. The Morgan fingerprint density at radius 2 is 1.77 bits per heavy atom. The molecule has 2 aromatic rings. The molecule has 0 saturated carbocycles. The highest BCUT2D eigenvalue weighted by atomic mass is 16.3. The van der Waals surface area contributed by atoms with Crippen molar-refractivity contribution in [1.29, 1.82) is 0 Å². The van der Waals surface area contributed by atoms with E-state index in [1.165, 1.54) is 31.2 Å². The number of aryl methyl sites for hydroxylation is 1. The van der Waals surface area contributed by atoms with Crippen LogP contribution >= 0.6 is 0 Å². The van der Waals surface area contributed by atoms with E-state index >= 15 is 0 Å². The number of allylic oxidation sites excluding steroid dienone is 1. The van der Waals surface area contributed by atoms with Gasteiger partial charge in [-0.15, -0.1) is 0 Å². The molecule has 0 aliphatic carbocycles. The summed E-state index contributed by atoms with van der Waals surface area (Å²) in [5.41, 5.74) is 2.66. The van der Waals surface area contributed by atoms with Gasteiger partial charge in [-0.05, 0) is 36.8 Å². The highest BCUT2D eigenvalue weighted by Crippen LogP contribution is 2.22. The number of rotatable bonds is 4. The molecule has 22 heavy (non-hydrogen) atoms. The van der Waals surface area contributed by atoms with Crippen molar-refractivity contribution in [3.05, 3.63) is 65.2 Å². The maximum Gasteiger partial charge on any atom is 0.221 e. The predicted octanol–water partition coefficient (Wildman–Crippen LogP) is 3.56. The van der Waals surface area contributed by atoms with E-state index in [9.17, 15) is 14.7 Å². The molecule has 0 bridgehead atoms. The van der Waals surface area contributed by atoms with E-state index in [2.05, 4.69) is 5.32 Å². The summed E-state index contributed by atoms with van der Waals surface area (Å²) >= 11 is 0. The number of phenols is 1. The van der Waals surface area contributed by atoms with E-state index in [-0.39, 0.29) is 23.0 Å². The third kappa shape index (κ3) is 4.06. The van der Waals surface area contributed by atoms with Crippen LogP contribution in [0.15, 0.2) is 48.5 Å². The number of carbonyl (C=O) groups excluding carboxylic acids is 2. The van der Waals surface area contributed by atoms with Crippen molar-refractivity contribution >= 4 is 23.5 Å². The molecule has 1 amide bonds. The fourth-order valence-corrected chi connectivity index (χ4v) is 1.95. The van der Waals surface area contributed by atoms with Crippen molar-refractivity contribution in [2.45, 2.75) is 13.8 Å². The van der Waals surface area contributed by atoms with Gasteiger partial charge in [0.2, 0.25) is 5.91 Å². The number of ketones is 1. The predicted molar refractivity (Wildman–Crippen MR) is 87.0 cm³/mol. The summed E-state index contributed by atoms with van der Waals surface area (Å²) in [5, 5.41) is 12.4. The van der Waals surface area contributed by atoms with E-state index in [0.29, 0.717) is 5.69 Å². The topological polar surface area (TPSA) is 66.4 Å². The van der Waals surface area contributed by atoms with Crippen LogP contribution in [0.3, 0.4) is 0 Å². The summed E-state index contributed by atoms with van der Waals surface area (Å²) in [4.78, 5) is 23.2. The second-order valence-corrected chi connectivity index (χ2v) is 5.02. The summed E-state index contributed by atoms with van der Waals surface area (Å²) in [6.45, 7) is 3.37. The monoisotopic (exact) mass is 295 g/mol. The first-order valence-electron chi connectivity index (χ1n) is 6.85. The van der Waals surface area contributed by atoms with Crippen molar-refractivity contribution < 1.29 is 14.7 Å². The van der Waals surface area contributed by atoms with Gasteiger partial charge >= 0.3 is 0 Å². The molecule has 0 saturated heterocycles. The van der Waals surface area contributed by atoms with Gasteiger partial charge in [0.15, 0.2) is 5.78 Å². The van der Waals surface area contributed by atoms with Crippen LogP contribution in [0.25, 0.3) is 6.08 Å². The Bertz CT molecular complexity index is 730. The standard InChI is InChI=1S/C18H17NO3/c1-12-3-5-14(6-4-12)7-9-17(21)16-11-15(19-13(2)20)8-10-18(16)22/h3-11,22H,1-2H3,(H,19,20)/b9-7+. The summed E-state index contributed by atoms with van der Waals surface area (Å²) in [6, 6.07) is 12.1. The second-order valence-electron chi connectivity index (χ2n) is 5.02. The van der Waals surface area contributed by atoms with Gasteiger partial charge in [0.05, 0.1) is 5.56 Å². The van der Waals surface area contributed by atoms with E-state index in [1.54, 1.807) is 6.08 Å². The first kappa shape index (κ1) is 15.5. The largest absolute Gasteiger partial charge is 0.507 e. The molecule has 0 aromatic heterocycles. The van der Waals surface area contributed by atoms with Crippen molar-refractivity contribution in [2.24, 2.45) is 0 Å². The molecule has 0 spiro atoms. The van der Waals surface area contributed by atoms with Crippen molar-refractivity contribution in [1.82, 2.24) is 0 Å². The lowest BCUT2D eigenvalue weighted by molar-refractivity contribution is -0.114. The molecule has 2 aromatic carbocycles. The number of hydrogen-bond acceptors (Lipinski definition) is 3. The number of carbonyl (C=O) groups is 2. The molecule has 0 unspecified atom stereocenters. The van der Waals surface area contributed by atoms with Gasteiger partial charge in [0, 0.05) is 12.6 Å². The average Bonchev–Trinajstić information content (AvgIpc) is 2.48. The van der Waals surface area contributed by atoms with Gasteiger partial charge in [-0.2, -0.15) is 0 Å². The molecule has 4 heteroatoms. The molecule has 0 heterocycles. The van der Waals surface area contributed by atoms with Crippen LogP contribution in [0.4, 0.5) is 5.69 Å². The maximum absolute atomic E-state index is 12.2. The fraction of sp³-hybridized carbons (Fsp3) is 0.111. The first-order chi connectivity index (χ1) is 10.5. The summed E-state index contributed by atoms with van der Waals surface area (Å²) in [7, 11) is 0. The average molecular weight is 295 g/mol. The SMILES string of the molecule is CC(=O)Nc1ccc(O)c(C(=O)/C=C/c2ccc(C)cc2)c1. The molecular formula is C18H17NO3. The lowest BCUT2D eigenvalue weighted by Crippen LogP contribution is -2.06. The molecular weight excluding hydrogens is 278 g/mol. The molecule has 2 rings (SSSR count). The van der Waals surface area contributed by atoms with Crippen LogP contribution in [-0.2, 0) is 4.79 Å². The van der Waals surface area contributed by atoms with Crippen LogP contribution in [0.1, 0.15) is 28.4 Å². The number of hydrogen-bond donors (Lipinski definition) is 2. The molecule has 0 radical (unpaired) electrons. The summed E-state index contributed by atoms with van der Waals surface area (Å²) in [5.74, 6) is -0.683. The Morgan fingerprint density at radius 1 is 1.09 bits per heavy atom. The summed E-state index contributed by atoms with van der Waals surface area (Å²) < 4.78 is 0. The Labute approximate surface area is 129 Å². The number of aromatic hydroxyl groups is 1. The van der Waals surface area contributed by atoms with Crippen molar-refractivity contribution in [3.63, 3.8) is 0 Å². The zero-order chi connectivity index (χ0) is 16.1. The van der Waals surface area contributed by atoms with Crippen molar-refractivity contribution in [2.75, 3.05) is 5.32 Å². The highest BCUT2D eigenvalue weighted by Gasteiger charge is 2.10. The highest BCUT2D eigenvalue weighted by molar-refractivity contribution is 6.09. The number of anilines is 1. The van der Waals surface area contributed by atoms with E-state index in [0.717, 1.165) is 11.1 Å². The van der Waals surface area contributed by atoms with E-state index in [1.807, 2.05) is 31.2 Å². The molecule has 2 N–H and O–H groups in total. The molecule has 0 aliphatic heterocycles. The Hall–Kier alpha value is -2.88. The Morgan fingerprint density at radius 3 is 2.41 bits per heavy atom. The minimum Gasteiger partial charge on any atom is -0.507 e. The van der Waals surface area contributed by atoms with Gasteiger partial charge in [0.1, 0.15) is 5.75 Å². The molecule has 0 aliphatic rings. The number of amides is 1. The lowest BCUT2D eigenvalue weighted by Gasteiger charge is -2.06. The van der Waals surface area contributed by atoms with Gasteiger partial charge in [0.25, 0.3) is 0 Å². The van der Waals surface area contributed by atoms with E-state index in [4.69, 9.17) is 0 Å². The van der Waals surface area contributed by atoms with Gasteiger partial charge in [-0.3, -0.25) is 9.59 Å². The number of phenolic OH excluding ortho intramolecular Hbond substituents is 1. The van der Waals surface area contributed by atoms with Crippen LogP contribution in [0, 0.1) is 6.92 Å². The fourth-order valence-electron chi connectivity index (χ4n) is 1.95. The maximum atomic E-state index is 12.2. The normalized spacial score (nSPS) is 10.6. The lowest BCUT2D eigenvalue weighted by atomic mass is 10.1. The number of nitrogens with one attached hydrogen (secondary N) is 1. The second kappa shape index (κ2) is 6.72. The first-order valence-corrected chi connectivity index (χ1v) is 6.85. The minimum absolute atomic E-state index is 0.118. The third-order valence-corrected chi connectivity index (χ3v) is 3.09. The zero-order valence-electron chi connectivity index (χ0n) is 12.5. The quantitative estimate of drug-likeness (QED) is 0.515. The smallest absolute Gasteiger partial charge is 0.221 e. The Kier molecular flexibility index (Phi) is 4.73. The van der Waals surface area contributed by atoms with Crippen LogP contribution < -0.4 is 5.32 Å². The third-order valence-electron chi connectivity index (χ3n) is 3.09. The molecule has 112 valence electrons. The zero-order valence-corrected chi connectivity index (χ0v) is 12.5. The van der Waals surface area contributed by atoms with Crippen LogP contribution in [0.5, 0.6) is 5.75 Å². The van der Waals surface area contributed by atoms with Crippen molar-refractivity contribution in [3.8, 4) is 5.75 Å². The van der Waals surface area contributed by atoms with Crippen LogP contribution in [0.2, 0.25) is 0 Å². The molecule has 0 atom stereocenters. The Balaban J connectivity index is 2.21. The molecule has 4 nitrogen and oxygen atoms in total. The van der Waals surface area contributed by atoms with Gasteiger partial charge < -0.3 is 10.4 Å². The van der Waals surface area contributed by atoms with E-state index < -0.39 is 0 Å². The minimum atomic E-state index is -0.328. The van der Waals surface area contributed by atoms with Gasteiger partial charge in [-0.1, -0.05) is 35.9 Å².